The zero-order chi connectivity index (χ0) is 13.5. The number of rotatable bonds is 3. The lowest BCUT2D eigenvalue weighted by Gasteiger charge is -2.27. The molecule has 0 spiro atoms. The average molecular weight is 284 g/mol. The van der Waals surface area contributed by atoms with Gasteiger partial charge in [0.25, 0.3) is 10.0 Å². The summed E-state index contributed by atoms with van der Waals surface area (Å²) >= 11 is 0. The first kappa shape index (κ1) is 13.1. The first-order valence-corrected chi connectivity index (χ1v) is 8.37. The largest absolute Gasteiger partial charge is 0.328 e. The number of aryl methyl sites for hydroxylation is 1. The van der Waals surface area contributed by atoms with E-state index in [1.807, 2.05) is 4.57 Å². The maximum absolute atomic E-state index is 12.4. The Balaban J connectivity index is 1.79. The quantitative estimate of drug-likeness (QED) is 0.839. The van der Waals surface area contributed by atoms with Gasteiger partial charge < -0.3 is 10.3 Å². The van der Waals surface area contributed by atoms with Crippen molar-refractivity contribution in [2.24, 2.45) is 5.73 Å². The van der Waals surface area contributed by atoms with Gasteiger partial charge in [0, 0.05) is 25.0 Å². The molecule has 2 aliphatic rings. The molecule has 6 nitrogen and oxygen atoms in total. The minimum Gasteiger partial charge on any atom is -0.328 e. The van der Waals surface area contributed by atoms with E-state index in [4.69, 9.17) is 5.73 Å². The van der Waals surface area contributed by atoms with Crippen LogP contribution in [0.3, 0.4) is 0 Å². The topological polar surface area (TPSA) is 90.0 Å². The molecule has 3 N–H and O–H groups in total. The van der Waals surface area contributed by atoms with Gasteiger partial charge in [0.05, 0.1) is 6.20 Å². The molecule has 3 rings (SSSR count). The summed E-state index contributed by atoms with van der Waals surface area (Å²) in [6, 6.07) is 0.0684. The van der Waals surface area contributed by atoms with Crippen LogP contribution in [0, 0.1) is 0 Å². The molecule has 0 saturated heterocycles. The predicted molar refractivity (Wildman–Crippen MR) is 71.1 cm³/mol. The van der Waals surface area contributed by atoms with E-state index in [-0.39, 0.29) is 12.1 Å². The summed E-state index contributed by atoms with van der Waals surface area (Å²) in [5.41, 5.74) is 5.90. The Labute approximate surface area is 113 Å². The first-order valence-electron chi connectivity index (χ1n) is 6.88. The van der Waals surface area contributed by atoms with Gasteiger partial charge in [-0.05, 0) is 25.7 Å². The summed E-state index contributed by atoms with van der Waals surface area (Å²) in [6.07, 6.45) is 6.87. The second-order valence-electron chi connectivity index (χ2n) is 5.51. The maximum Gasteiger partial charge on any atom is 0.258 e. The lowest BCUT2D eigenvalue weighted by molar-refractivity contribution is 0.370. The Hall–Kier alpha value is -0.920. The monoisotopic (exact) mass is 284 g/mol. The number of aromatic nitrogens is 2. The fourth-order valence-electron chi connectivity index (χ4n) is 3.06. The highest BCUT2D eigenvalue weighted by Gasteiger charge is 2.29. The lowest BCUT2D eigenvalue weighted by atomic mass is 9.92. The van der Waals surface area contributed by atoms with Crippen LogP contribution in [0.15, 0.2) is 11.2 Å². The number of imidazole rings is 1. The van der Waals surface area contributed by atoms with Crippen molar-refractivity contribution < 1.29 is 8.42 Å². The number of hydrogen-bond donors (Lipinski definition) is 2. The van der Waals surface area contributed by atoms with E-state index in [1.54, 1.807) is 0 Å². The van der Waals surface area contributed by atoms with Gasteiger partial charge in [0.2, 0.25) is 0 Å². The van der Waals surface area contributed by atoms with Crippen LogP contribution in [0.4, 0.5) is 0 Å². The summed E-state index contributed by atoms with van der Waals surface area (Å²) in [7, 11) is -3.47. The summed E-state index contributed by atoms with van der Waals surface area (Å²) in [5, 5.41) is 0.305. The van der Waals surface area contributed by atoms with Crippen LogP contribution in [0.25, 0.3) is 0 Å². The van der Waals surface area contributed by atoms with Gasteiger partial charge in [-0.3, -0.25) is 0 Å². The van der Waals surface area contributed by atoms with Crippen LogP contribution >= 0.6 is 0 Å². The summed E-state index contributed by atoms with van der Waals surface area (Å²) < 4.78 is 29.4. The minimum absolute atomic E-state index is 0.0405. The predicted octanol–water partition coefficient (Wildman–Crippen LogP) is 0.377. The fraction of sp³-hybridized carbons (Fsp3) is 0.750. The highest BCUT2D eigenvalue weighted by Crippen LogP contribution is 2.22. The summed E-state index contributed by atoms with van der Waals surface area (Å²) in [5.74, 6) is 0.876. The molecule has 1 aromatic heterocycles. The number of nitrogens with zero attached hydrogens (tertiary/aromatic N) is 2. The normalized spacial score (nSPS) is 27.4. The zero-order valence-corrected chi connectivity index (χ0v) is 11.7. The number of fused-ring (bicyclic) bond motifs is 1. The third-order valence-electron chi connectivity index (χ3n) is 4.00. The Morgan fingerprint density at radius 3 is 3.00 bits per heavy atom. The number of nitrogens with one attached hydrogen (secondary N) is 1. The third-order valence-corrected chi connectivity index (χ3v) is 5.52. The van der Waals surface area contributed by atoms with Crippen molar-refractivity contribution in [2.75, 3.05) is 0 Å². The molecule has 2 atom stereocenters. The molecule has 2 heterocycles. The van der Waals surface area contributed by atoms with Gasteiger partial charge >= 0.3 is 0 Å². The highest BCUT2D eigenvalue weighted by atomic mass is 32.2. The third kappa shape index (κ3) is 2.54. The van der Waals surface area contributed by atoms with Crippen LogP contribution in [-0.4, -0.2) is 30.1 Å². The molecule has 0 radical (unpaired) electrons. The average Bonchev–Trinajstić information content (AvgIpc) is 2.88. The fourth-order valence-corrected chi connectivity index (χ4v) is 4.51. The van der Waals surface area contributed by atoms with Crippen LogP contribution in [-0.2, 0) is 23.0 Å². The zero-order valence-electron chi connectivity index (χ0n) is 10.9. The van der Waals surface area contributed by atoms with Gasteiger partial charge in [-0.1, -0.05) is 6.42 Å². The molecule has 1 aromatic rings. The van der Waals surface area contributed by atoms with Crippen LogP contribution in [0.1, 0.15) is 37.9 Å². The van der Waals surface area contributed by atoms with Gasteiger partial charge in [0.15, 0.2) is 5.03 Å². The van der Waals surface area contributed by atoms with E-state index in [0.29, 0.717) is 5.03 Å². The molecular weight excluding hydrogens is 264 g/mol. The summed E-state index contributed by atoms with van der Waals surface area (Å²) in [6.45, 7) is 0.746. The molecule has 19 heavy (non-hydrogen) atoms. The standard InChI is InChI=1S/C12H20N4O2S/c13-9-3-1-4-10(7-9)15-19(17,18)12-8-14-11-5-2-6-16(11)12/h8-10,15H,1-7,13H2. The number of hydrogen-bond acceptors (Lipinski definition) is 4. The Kier molecular flexibility index (Phi) is 3.36. The van der Waals surface area contributed by atoms with Crippen LogP contribution in [0.5, 0.6) is 0 Å². The van der Waals surface area contributed by atoms with Crippen molar-refractivity contribution in [3.63, 3.8) is 0 Å². The van der Waals surface area contributed by atoms with Gasteiger partial charge in [-0.15, -0.1) is 0 Å². The number of sulfonamides is 1. The minimum atomic E-state index is -3.47. The van der Waals surface area contributed by atoms with Crippen molar-refractivity contribution in [2.45, 2.75) is 62.2 Å². The van der Waals surface area contributed by atoms with Crippen molar-refractivity contribution in [3.8, 4) is 0 Å². The maximum atomic E-state index is 12.4. The molecule has 1 aliphatic carbocycles. The van der Waals surface area contributed by atoms with E-state index in [9.17, 15) is 8.42 Å². The Bertz CT molecular complexity index is 566. The Morgan fingerprint density at radius 2 is 2.21 bits per heavy atom. The molecule has 2 unspecified atom stereocenters. The molecule has 106 valence electrons. The van der Waals surface area contributed by atoms with E-state index >= 15 is 0 Å². The van der Waals surface area contributed by atoms with Crippen molar-refractivity contribution in [1.82, 2.24) is 14.3 Å². The van der Waals surface area contributed by atoms with Crippen LogP contribution in [0.2, 0.25) is 0 Å². The molecule has 0 amide bonds. The van der Waals surface area contributed by atoms with E-state index < -0.39 is 10.0 Å². The number of nitrogens with two attached hydrogens (primary N) is 1. The second kappa shape index (κ2) is 4.88. The van der Waals surface area contributed by atoms with Crippen molar-refractivity contribution in [1.29, 1.82) is 0 Å². The van der Waals surface area contributed by atoms with E-state index in [1.165, 1.54) is 6.20 Å². The SMILES string of the molecule is NC1CCCC(NS(=O)(=O)c2cnc3n2CCC3)C1. The molecule has 1 aliphatic heterocycles. The van der Waals surface area contributed by atoms with Gasteiger partial charge in [-0.25, -0.2) is 18.1 Å². The summed E-state index contributed by atoms with van der Waals surface area (Å²) in [4.78, 5) is 4.19. The van der Waals surface area contributed by atoms with Crippen molar-refractivity contribution in [3.05, 3.63) is 12.0 Å². The van der Waals surface area contributed by atoms with Gasteiger partial charge in [0.1, 0.15) is 5.82 Å². The van der Waals surface area contributed by atoms with E-state index in [2.05, 4.69) is 9.71 Å². The second-order valence-corrected chi connectivity index (χ2v) is 7.17. The Morgan fingerprint density at radius 1 is 1.37 bits per heavy atom. The van der Waals surface area contributed by atoms with E-state index in [0.717, 1.165) is 50.9 Å². The smallest absolute Gasteiger partial charge is 0.258 e. The van der Waals surface area contributed by atoms with Gasteiger partial charge in [-0.2, -0.15) is 0 Å². The molecule has 1 fully saturated rings. The lowest BCUT2D eigenvalue weighted by Crippen LogP contribution is -2.42. The molecule has 7 heteroatoms. The molecule has 0 bridgehead atoms. The molecular formula is C12H20N4O2S. The highest BCUT2D eigenvalue weighted by molar-refractivity contribution is 7.89. The molecule has 1 saturated carbocycles. The first-order chi connectivity index (χ1) is 9.06. The van der Waals surface area contributed by atoms with Crippen LogP contribution < -0.4 is 10.5 Å². The molecule has 0 aromatic carbocycles. The van der Waals surface area contributed by atoms with Crippen molar-refractivity contribution >= 4 is 10.0 Å².